The fourth-order valence-electron chi connectivity index (χ4n) is 4.65. The van der Waals surface area contributed by atoms with Crippen LogP contribution in [0, 0.1) is 0 Å². The number of fused-ring (bicyclic) bond motifs is 1. The van der Waals surface area contributed by atoms with Gasteiger partial charge in [0.25, 0.3) is 5.91 Å². The summed E-state index contributed by atoms with van der Waals surface area (Å²) in [5.41, 5.74) is 1.05. The van der Waals surface area contributed by atoms with Gasteiger partial charge >= 0.3 is 6.18 Å². The molecule has 0 bridgehead atoms. The van der Waals surface area contributed by atoms with Gasteiger partial charge in [0, 0.05) is 50.3 Å². The van der Waals surface area contributed by atoms with Gasteiger partial charge in [-0.25, -0.2) is 18.4 Å². The highest BCUT2D eigenvalue weighted by Gasteiger charge is 2.38. The lowest BCUT2D eigenvalue weighted by atomic mass is 10.0. The van der Waals surface area contributed by atoms with Crippen molar-refractivity contribution < 1.29 is 26.4 Å². The number of rotatable bonds is 6. The molecule has 1 saturated heterocycles. The Morgan fingerprint density at radius 1 is 1.20 bits per heavy atom. The molecule has 2 aliphatic heterocycles. The molecule has 3 aromatic rings. The van der Waals surface area contributed by atoms with Gasteiger partial charge in [-0.3, -0.25) is 4.79 Å². The third-order valence-corrected chi connectivity index (χ3v) is 10.2. The highest BCUT2D eigenvalue weighted by atomic mass is 32.2. The lowest BCUT2D eigenvalue weighted by Crippen LogP contribution is -2.57. The number of aromatic nitrogens is 2. The highest BCUT2D eigenvalue weighted by Crippen LogP contribution is 2.42. The molecule has 0 saturated carbocycles. The van der Waals surface area contributed by atoms with E-state index in [1.807, 2.05) is 39.2 Å². The fraction of sp³-hybridized carbons (Fsp3) is 0.423. The van der Waals surface area contributed by atoms with Crippen molar-refractivity contribution in [3.05, 3.63) is 46.5 Å². The van der Waals surface area contributed by atoms with E-state index in [1.54, 1.807) is 0 Å². The van der Waals surface area contributed by atoms with Crippen LogP contribution >= 0.6 is 11.3 Å². The minimum atomic E-state index is -4.80. The molecule has 2 aliphatic rings. The number of alkyl halides is 3. The summed E-state index contributed by atoms with van der Waals surface area (Å²) in [5.74, 6) is -0.943. The van der Waals surface area contributed by atoms with Crippen molar-refractivity contribution in [1.82, 2.24) is 19.8 Å². The van der Waals surface area contributed by atoms with Crippen LogP contribution in [-0.2, 0) is 22.4 Å². The Hall–Kier alpha value is -3.23. The largest absolute Gasteiger partial charge is 0.420 e. The van der Waals surface area contributed by atoms with Gasteiger partial charge in [0.05, 0.1) is 21.2 Å². The summed E-state index contributed by atoms with van der Waals surface area (Å²) in [5, 5.41) is 3.04. The first-order valence-corrected chi connectivity index (χ1v) is 15.1. The van der Waals surface area contributed by atoms with Crippen LogP contribution in [0.15, 0.2) is 35.4 Å². The molecule has 0 spiro atoms. The highest BCUT2D eigenvalue weighted by molar-refractivity contribution is 7.91. The molecule has 0 atom stereocenters. The zero-order valence-corrected chi connectivity index (χ0v) is 24.0. The maximum atomic E-state index is 14.0. The molecule has 4 heterocycles. The van der Waals surface area contributed by atoms with E-state index < -0.39 is 33.2 Å². The fourth-order valence-corrected chi connectivity index (χ4v) is 7.69. The molecule has 0 radical (unpaired) electrons. The van der Waals surface area contributed by atoms with E-state index in [-0.39, 0.29) is 32.9 Å². The van der Waals surface area contributed by atoms with Gasteiger partial charge in [-0.1, -0.05) is 6.92 Å². The third kappa shape index (κ3) is 5.27. The number of nitrogens with zero attached hydrogens (tertiary/aromatic N) is 5. The lowest BCUT2D eigenvalue weighted by Gasteiger charge is -2.44. The van der Waals surface area contributed by atoms with Crippen molar-refractivity contribution in [1.29, 1.82) is 0 Å². The summed E-state index contributed by atoms with van der Waals surface area (Å²) in [7, 11) is 1.69. The number of thiophene rings is 1. The molecule has 2 aromatic heterocycles. The lowest BCUT2D eigenvalue weighted by molar-refractivity contribution is -0.137. The molecule has 40 heavy (non-hydrogen) atoms. The molecule has 5 rings (SSSR count). The molecule has 0 unspecified atom stereocenters. The molecule has 14 heteroatoms. The van der Waals surface area contributed by atoms with Crippen LogP contribution in [0.1, 0.15) is 27.7 Å². The minimum absolute atomic E-state index is 0.000177. The van der Waals surface area contributed by atoms with E-state index in [1.165, 1.54) is 11.9 Å². The number of benzene rings is 1. The zero-order valence-electron chi connectivity index (χ0n) is 22.4. The SMILES string of the molecule is CCc1cc(N2CC(N(C)C)C2)ccc1Nc1ncc(C(F)(F)F)c(-c2cc3c(s2)C(=O)N(C)CCS3(=O)=O)n1. The van der Waals surface area contributed by atoms with Crippen LogP contribution in [0.4, 0.5) is 30.5 Å². The number of carbonyl (C=O) groups excluding carboxylic acids is 1. The summed E-state index contributed by atoms with van der Waals surface area (Å²) in [4.78, 5) is 26.1. The molecular weight excluding hydrogens is 565 g/mol. The molecule has 0 aliphatic carbocycles. The maximum absolute atomic E-state index is 14.0. The Bertz CT molecular complexity index is 1570. The number of nitrogens with one attached hydrogen (secondary N) is 1. The topological polar surface area (TPSA) is 98.7 Å². The zero-order chi connectivity index (χ0) is 29.0. The van der Waals surface area contributed by atoms with Gasteiger partial charge < -0.3 is 20.0 Å². The average Bonchev–Trinajstić information content (AvgIpc) is 3.29. The predicted octanol–water partition coefficient (Wildman–Crippen LogP) is 4.14. The van der Waals surface area contributed by atoms with Gasteiger partial charge in [-0.05, 0) is 50.3 Å². The number of hydrogen-bond donors (Lipinski definition) is 1. The summed E-state index contributed by atoms with van der Waals surface area (Å²) in [6, 6.07) is 7.45. The van der Waals surface area contributed by atoms with Gasteiger partial charge in [0.2, 0.25) is 5.95 Å². The second kappa shape index (κ2) is 10.3. The van der Waals surface area contributed by atoms with Crippen LogP contribution in [0.25, 0.3) is 10.6 Å². The maximum Gasteiger partial charge on any atom is 0.420 e. The van der Waals surface area contributed by atoms with Gasteiger partial charge in [0.1, 0.15) is 10.4 Å². The molecule has 1 aromatic carbocycles. The second-order valence-corrected chi connectivity index (χ2v) is 13.3. The van der Waals surface area contributed by atoms with Crippen molar-refractivity contribution >= 4 is 44.4 Å². The van der Waals surface area contributed by atoms with Crippen LogP contribution in [-0.4, -0.2) is 86.7 Å². The van der Waals surface area contributed by atoms with Crippen LogP contribution < -0.4 is 10.2 Å². The Labute approximate surface area is 234 Å². The van der Waals surface area contributed by atoms with Crippen LogP contribution in [0.3, 0.4) is 0 Å². The first kappa shape index (κ1) is 28.3. The Balaban J connectivity index is 1.51. The van der Waals surface area contributed by atoms with E-state index in [4.69, 9.17) is 0 Å². The third-order valence-electron chi connectivity index (χ3n) is 7.27. The van der Waals surface area contributed by atoms with Gasteiger partial charge in [0.15, 0.2) is 9.84 Å². The monoisotopic (exact) mass is 594 g/mol. The van der Waals surface area contributed by atoms with Crippen molar-refractivity contribution in [3.63, 3.8) is 0 Å². The van der Waals surface area contributed by atoms with E-state index in [0.29, 0.717) is 35.7 Å². The van der Waals surface area contributed by atoms with Crippen LogP contribution in [0.2, 0.25) is 0 Å². The summed E-state index contributed by atoms with van der Waals surface area (Å²) in [6.07, 6.45) is -3.45. The standard InChI is InChI=1S/C26H29F3N6O3S2/c1-5-15-10-16(35-13-17(14-35)33(2)3)6-7-19(15)31-25-30-12-18(26(27,28)29)22(32-25)20-11-21-23(39-20)24(36)34(4)8-9-40(21,37)38/h6-7,10-12,17H,5,8-9,13-14H2,1-4H3,(H,30,31,32). The predicted molar refractivity (Wildman–Crippen MR) is 148 cm³/mol. The molecule has 1 N–H and O–H groups in total. The molecular formula is C26H29F3N6O3S2. The Morgan fingerprint density at radius 2 is 1.93 bits per heavy atom. The molecule has 1 amide bonds. The Kier molecular flexibility index (Phi) is 7.29. The van der Waals surface area contributed by atoms with Crippen LogP contribution in [0.5, 0.6) is 0 Å². The summed E-state index contributed by atoms with van der Waals surface area (Å²) >= 11 is 0.688. The van der Waals surface area contributed by atoms with Crippen molar-refractivity contribution in [3.8, 4) is 10.6 Å². The number of aryl methyl sites for hydroxylation is 1. The van der Waals surface area contributed by atoms with Gasteiger partial charge in [-0.15, -0.1) is 11.3 Å². The molecule has 9 nitrogen and oxygen atoms in total. The molecule has 214 valence electrons. The van der Waals surface area contributed by atoms with Gasteiger partial charge in [-0.2, -0.15) is 13.2 Å². The second-order valence-electron chi connectivity index (χ2n) is 10.1. The normalized spacial score (nSPS) is 17.6. The summed E-state index contributed by atoms with van der Waals surface area (Å²) < 4.78 is 67.6. The van der Waals surface area contributed by atoms with E-state index >= 15 is 0 Å². The number of carbonyl (C=O) groups is 1. The number of amides is 1. The number of halogens is 3. The van der Waals surface area contributed by atoms with Crippen molar-refractivity contribution in [2.45, 2.75) is 30.5 Å². The Morgan fingerprint density at radius 3 is 2.58 bits per heavy atom. The van der Waals surface area contributed by atoms with E-state index in [2.05, 4.69) is 25.1 Å². The first-order chi connectivity index (χ1) is 18.8. The number of likely N-dealkylation sites (N-methyl/N-ethyl adjacent to an activating group) is 1. The molecule has 1 fully saturated rings. The quantitative estimate of drug-likeness (QED) is 0.455. The number of sulfone groups is 1. The first-order valence-electron chi connectivity index (χ1n) is 12.7. The van der Waals surface area contributed by atoms with E-state index in [9.17, 15) is 26.4 Å². The minimum Gasteiger partial charge on any atom is -0.368 e. The van der Waals surface area contributed by atoms with Crippen molar-refractivity contribution in [2.24, 2.45) is 0 Å². The summed E-state index contributed by atoms with van der Waals surface area (Å²) in [6.45, 7) is 3.80. The van der Waals surface area contributed by atoms with Crippen molar-refractivity contribution in [2.75, 3.05) is 56.7 Å². The van der Waals surface area contributed by atoms with E-state index in [0.717, 1.165) is 30.4 Å². The number of hydrogen-bond acceptors (Lipinski definition) is 9. The average molecular weight is 595 g/mol. The smallest absolute Gasteiger partial charge is 0.368 e. The number of anilines is 3.